The molecule has 3 heterocycles. The first-order valence-electron chi connectivity index (χ1n) is 10.8. The number of benzene rings is 1. The standard InChI is InChI=1S/C21H30N4O4/c26-21(22-7-3-8-23-10-12-29-13-11-23)18-15-16-14-17(25(27)28)5-6-19(16)24-9-2-1-4-20(18)24/h5-6,14,18,20H,1-4,7-13,15H2,(H,22,26)/t18-,20+/m1/s1. The maximum absolute atomic E-state index is 13.0. The van der Waals surface area contributed by atoms with Crippen LogP contribution >= 0.6 is 0 Å². The second-order valence-electron chi connectivity index (χ2n) is 8.24. The van der Waals surface area contributed by atoms with Crippen molar-refractivity contribution < 1.29 is 14.5 Å². The van der Waals surface area contributed by atoms with E-state index in [0.29, 0.717) is 13.0 Å². The van der Waals surface area contributed by atoms with E-state index < -0.39 is 0 Å². The van der Waals surface area contributed by atoms with Crippen molar-refractivity contribution in [3.05, 3.63) is 33.9 Å². The fourth-order valence-corrected chi connectivity index (χ4v) is 4.91. The summed E-state index contributed by atoms with van der Waals surface area (Å²) in [6.07, 6.45) is 4.73. The number of carbonyl (C=O) groups is 1. The third-order valence-electron chi connectivity index (χ3n) is 6.43. The molecule has 158 valence electrons. The molecule has 1 aromatic carbocycles. The number of hydrogen-bond acceptors (Lipinski definition) is 6. The number of rotatable bonds is 6. The zero-order valence-corrected chi connectivity index (χ0v) is 16.8. The molecule has 1 N–H and O–H groups in total. The Balaban J connectivity index is 1.40. The Kier molecular flexibility index (Phi) is 6.30. The molecule has 2 fully saturated rings. The van der Waals surface area contributed by atoms with Crippen molar-refractivity contribution in [2.45, 2.75) is 38.1 Å². The number of nitro benzene ring substituents is 1. The van der Waals surface area contributed by atoms with Gasteiger partial charge in [0.1, 0.15) is 0 Å². The Morgan fingerprint density at radius 3 is 2.86 bits per heavy atom. The Labute approximate surface area is 171 Å². The summed E-state index contributed by atoms with van der Waals surface area (Å²) in [5.41, 5.74) is 2.09. The molecular weight excluding hydrogens is 372 g/mol. The molecule has 0 aliphatic carbocycles. The van der Waals surface area contributed by atoms with Crippen LogP contribution in [0.3, 0.4) is 0 Å². The number of fused-ring (bicyclic) bond motifs is 3. The number of amides is 1. The number of morpholine rings is 1. The van der Waals surface area contributed by atoms with Gasteiger partial charge in [0, 0.05) is 50.0 Å². The molecule has 2 atom stereocenters. The van der Waals surface area contributed by atoms with Crippen molar-refractivity contribution in [2.24, 2.45) is 5.92 Å². The van der Waals surface area contributed by atoms with Gasteiger partial charge in [-0.1, -0.05) is 0 Å². The first-order valence-corrected chi connectivity index (χ1v) is 10.8. The maximum Gasteiger partial charge on any atom is 0.269 e. The lowest BCUT2D eigenvalue weighted by Crippen LogP contribution is -2.53. The van der Waals surface area contributed by atoms with Crippen LogP contribution in [-0.2, 0) is 16.0 Å². The highest BCUT2D eigenvalue weighted by atomic mass is 16.6. The van der Waals surface area contributed by atoms with Crippen molar-refractivity contribution in [2.75, 3.05) is 50.8 Å². The van der Waals surface area contributed by atoms with Crippen molar-refractivity contribution in [1.29, 1.82) is 0 Å². The molecule has 29 heavy (non-hydrogen) atoms. The summed E-state index contributed by atoms with van der Waals surface area (Å²) in [6, 6.07) is 5.29. The summed E-state index contributed by atoms with van der Waals surface area (Å²) in [5, 5.41) is 14.3. The second-order valence-corrected chi connectivity index (χ2v) is 8.24. The molecule has 3 aliphatic heterocycles. The van der Waals surface area contributed by atoms with Crippen molar-refractivity contribution in [3.63, 3.8) is 0 Å². The van der Waals surface area contributed by atoms with Crippen LogP contribution in [0, 0.1) is 16.0 Å². The smallest absolute Gasteiger partial charge is 0.269 e. The Hall–Kier alpha value is -2.19. The van der Waals surface area contributed by atoms with E-state index in [1.165, 1.54) is 0 Å². The van der Waals surface area contributed by atoms with E-state index >= 15 is 0 Å². The van der Waals surface area contributed by atoms with Gasteiger partial charge in [-0.2, -0.15) is 0 Å². The second kappa shape index (κ2) is 9.09. The van der Waals surface area contributed by atoms with Gasteiger partial charge in [-0.3, -0.25) is 19.8 Å². The SMILES string of the molecule is O=C(NCCCN1CCOCC1)[C@@H]1Cc2cc([N+](=O)[O-])ccc2N2CCCC[C@@H]12. The van der Waals surface area contributed by atoms with Crippen molar-refractivity contribution in [1.82, 2.24) is 10.2 Å². The number of nitrogens with zero attached hydrogens (tertiary/aromatic N) is 3. The van der Waals surface area contributed by atoms with Crippen LogP contribution < -0.4 is 10.2 Å². The molecular formula is C21H30N4O4. The van der Waals surface area contributed by atoms with Gasteiger partial charge in [0.2, 0.25) is 5.91 Å². The molecule has 4 rings (SSSR count). The van der Waals surface area contributed by atoms with Gasteiger partial charge in [-0.15, -0.1) is 0 Å². The van der Waals surface area contributed by atoms with Gasteiger partial charge in [0.05, 0.1) is 24.1 Å². The number of ether oxygens (including phenoxy) is 1. The molecule has 0 saturated carbocycles. The first-order chi connectivity index (χ1) is 14.1. The Morgan fingerprint density at radius 1 is 1.24 bits per heavy atom. The van der Waals surface area contributed by atoms with E-state index in [-0.39, 0.29) is 28.5 Å². The zero-order valence-electron chi connectivity index (χ0n) is 16.8. The molecule has 0 radical (unpaired) electrons. The van der Waals surface area contributed by atoms with E-state index in [9.17, 15) is 14.9 Å². The molecule has 0 unspecified atom stereocenters. The molecule has 2 saturated heterocycles. The van der Waals surface area contributed by atoms with E-state index in [1.54, 1.807) is 12.1 Å². The van der Waals surface area contributed by atoms with Gasteiger partial charge >= 0.3 is 0 Å². The first kappa shape index (κ1) is 20.1. The number of piperidine rings is 1. The van der Waals surface area contributed by atoms with Gasteiger partial charge in [0.25, 0.3) is 5.69 Å². The predicted molar refractivity (Wildman–Crippen MR) is 110 cm³/mol. The van der Waals surface area contributed by atoms with Gasteiger partial charge in [-0.05, 0) is 50.3 Å². The number of nitrogens with one attached hydrogen (secondary N) is 1. The van der Waals surface area contributed by atoms with Crippen LogP contribution in [0.15, 0.2) is 18.2 Å². The van der Waals surface area contributed by atoms with E-state index in [1.807, 2.05) is 6.07 Å². The minimum Gasteiger partial charge on any atom is -0.379 e. The minimum absolute atomic E-state index is 0.0843. The Bertz CT molecular complexity index is 750. The molecule has 8 heteroatoms. The number of hydrogen-bond donors (Lipinski definition) is 1. The van der Waals surface area contributed by atoms with Crippen LogP contribution in [0.1, 0.15) is 31.2 Å². The molecule has 8 nitrogen and oxygen atoms in total. The van der Waals surface area contributed by atoms with Crippen LogP contribution in [0.5, 0.6) is 0 Å². The fraction of sp³-hybridized carbons (Fsp3) is 0.667. The molecule has 1 aromatic rings. The lowest BCUT2D eigenvalue weighted by atomic mass is 9.80. The highest BCUT2D eigenvalue weighted by Gasteiger charge is 2.39. The monoisotopic (exact) mass is 402 g/mol. The third kappa shape index (κ3) is 4.53. The van der Waals surface area contributed by atoms with E-state index in [0.717, 1.165) is 76.3 Å². The highest BCUT2D eigenvalue weighted by Crippen LogP contribution is 2.39. The Morgan fingerprint density at radius 2 is 2.07 bits per heavy atom. The molecule has 0 bridgehead atoms. The van der Waals surface area contributed by atoms with Crippen molar-refractivity contribution in [3.8, 4) is 0 Å². The number of nitro groups is 1. The van der Waals surface area contributed by atoms with Crippen LogP contribution in [0.2, 0.25) is 0 Å². The number of anilines is 1. The fourth-order valence-electron chi connectivity index (χ4n) is 4.91. The lowest BCUT2D eigenvalue weighted by Gasteiger charge is -2.45. The quantitative estimate of drug-likeness (QED) is 0.445. The van der Waals surface area contributed by atoms with E-state index in [2.05, 4.69) is 15.1 Å². The summed E-state index contributed by atoms with van der Waals surface area (Å²) in [4.78, 5) is 28.5. The van der Waals surface area contributed by atoms with Gasteiger partial charge in [0.15, 0.2) is 0 Å². The number of carbonyl (C=O) groups excluding carboxylic acids is 1. The third-order valence-corrected chi connectivity index (χ3v) is 6.43. The summed E-state index contributed by atoms with van der Waals surface area (Å²) in [7, 11) is 0. The average Bonchev–Trinajstić information content (AvgIpc) is 2.76. The van der Waals surface area contributed by atoms with Crippen LogP contribution in [0.25, 0.3) is 0 Å². The molecule has 1 amide bonds. The minimum atomic E-state index is -0.358. The maximum atomic E-state index is 13.0. The van der Waals surface area contributed by atoms with E-state index in [4.69, 9.17) is 4.74 Å². The summed E-state index contributed by atoms with van der Waals surface area (Å²) >= 11 is 0. The van der Waals surface area contributed by atoms with Gasteiger partial charge in [-0.25, -0.2) is 0 Å². The number of non-ortho nitro benzene ring substituents is 1. The van der Waals surface area contributed by atoms with Crippen LogP contribution in [0.4, 0.5) is 11.4 Å². The summed E-state index contributed by atoms with van der Waals surface area (Å²) in [6.45, 7) is 6.05. The summed E-state index contributed by atoms with van der Waals surface area (Å²) in [5.74, 6) is -0.0609. The molecule has 0 spiro atoms. The average molecular weight is 402 g/mol. The largest absolute Gasteiger partial charge is 0.379 e. The normalized spacial score (nSPS) is 24.5. The predicted octanol–water partition coefficient (Wildman–Crippen LogP) is 1.96. The topological polar surface area (TPSA) is 88.0 Å². The highest BCUT2D eigenvalue weighted by molar-refractivity contribution is 5.82. The zero-order chi connectivity index (χ0) is 20.2. The van der Waals surface area contributed by atoms with Crippen LogP contribution in [-0.4, -0.2) is 67.7 Å². The summed E-state index contributed by atoms with van der Waals surface area (Å²) < 4.78 is 5.37. The molecule has 0 aromatic heterocycles. The van der Waals surface area contributed by atoms with Gasteiger partial charge < -0.3 is 15.0 Å². The molecule has 3 aliphatic rings. The van der Waals surface area contributed by atoms with Crippen molar-refractivity contribution >= 4 is 17.3 Å². The lowest BCUT2D eigenvalue weighted by molar-refractivity contribution is -0.384.